The molecule has 134 valence electrons. The summed E-state index contributed by atoms with van der Waals surface area (Å²) in [7, 11) is 0. The molecule has 0 aliphatic carbocycles. The van der Waals surface area contributed by atoms with Crippen LogP contribution in [0.1, 0.15) is 22.3 Å². The lowest BCUT2D eigenvalue weighted by molar-refractivity contribution is 0.0602. The van der Waals surface area contributed by atoms with Gasteiger partial charge in [-0.2, -0.15) is 10.2 Å². The van der Waals surface area contributed by atoms with E-state index in [1.54, 1.807) is 18.5 Å². The topological polar surface area (TPSA) is 49.3 Å². The minimum Gasteiger partial charge on any atom is -0.338 e. The molecule has 2 fully saturated rings. The molecule has 2 aliphatic rings. The van der Waals surface area contributed by atoms with Crippen molar-refractivity contribution in [1.29, 1.82) is 0 Å². The molecule has 3 heterocycles. The lowest BCUT2D eigenvalue weighted by Crippen LogP contribution is -2.51. The summed E-state index contributed by atoms with van der Waals surface area (Å²) in [5.41, 5.74) is 2.14. The molecule has 5 nitrogen and oxygen atoms in total. The van der Waals surface area contributed by atoms with Crippen molar-refractivity contribution < 1.29 is 4.79 Å². The molecule has 2 saturated heterocycles. The van der Waals surface area contributed by atoms with Gasteiger partial charge in [-0.15, -0.1) is 6.58 Å². The number of hydrogen-bond acceptors (Lipinski definition) is 4. The van der Waals surface area contributed by atoms with Gasteiger partial charge >= 0.3 is 0 Å². The first-order valence-corrected chi connectivity index (χ1v) is 9.18. The molecule has 0 saturated carbocycles. The molecular weight excluding hydrogens is 324 g/mol. The SMILES string of the molecule is C=CCN1CC2CN(C(=O)c3ccnnc3)CCC2(c2ccccc2)C1. The predicted molar refractivity (Wildman–Crippen MR) is 101 cm³/mol. The molecule has 5 heteroatoms. The standard InChI is InChI=1S/C21H24N4O/c1-2-11-24-14-19-15-25(20(26)17-8-10-22-23-13-17)12-9-21(19,16-24)18-6-4-3-5-7-18/h2-8,10,13,19H,1,9,11-12,14-16H2. The first-order valence-electron chi connectivity index (χ1n) is 9.18. The van der Waals surface area contributed by atoms with E-state index in [0.29, 0.717) is 11.5 Å². The Labute approximate surface area is 154 Å². The Hall–Kier alpha value is -2.53. The van der Waals surface area contributed by atoms with Crippen molar-refractivity contribution >= 4 is 5.91 Å². The van der Waals surface area contributed by atoms with E-state index >= 15 is 0 Å². The van der Waals surface area contributed by atoms with Crippen molar-refractivity contribution in [2.75, 3.05) is 32.7 Å². The second-order valence-corrected chi connectivity index (χ2v) is 7.33. The zero-order chi connectivity index (χ0) is 18.0. The van der Waals surface area contributed by atoms with Crippen molar-refractivity contribution in [3.8, 4) is 0 Å². The minimum absolute atomic E-state index is 0.0590. The maximum absolute atomic E-state index is 12.9. The molecular formula is C21H24N4O. The third-order valence-electron chi connectivity index (χ3n) is 5.89. The number of likely N-dealkylation sites (tertiary alicyclic amines) is 2. The van der Waals surface area contributed by atoms with Gasteiger partial charge in [0.25, 0.3) is 5.91 Å². The number of amides is 1. The van der Waals surface area contributed by atoms with E-state index in [9.17, 15) is 4.79 Å². The highest BCUT2D eigenvalue weighted by atomic mass is 16.2. The van der Waals surface area contributed by atoms with Gasteiger partial charge in [-0.25, -0.2) is 0 Å². The van der Waals surface area contributed by atoms with Gasteiger partial charge in [0.1, 0.15) is 0 Å². The molecule has 0 N–H and O–H groups in total. The molecule has 4 rings (SSSR count). The number of carbonyl (C=O) groups is 1. The Morgan fingerprint density at radius 1 is 1.23 bits per heavy atom. The van der Waals surface area contributed by atoms with Crippen LogP contribution in [0.15, 0.2) is 61.4 Å². The van der Waals surface area contributed by atoms with Crippen LogP contribution >= 0.6 is 0 Å². The number of hydrogen-bond donors (Lipinski definition) is 0. The Balaban J connectivity index is 1.60. The van der Waals surface area contributed by atoms with Gasteiger partial charge in [0.2, 0.25) is 0 Å². The van der Waals surface area contributed by atoms with Gasteiger partial charge in [-0.05, 0) is 18.1 Å². The summed E-state index contributed by atoms with van der Waals surface area (Å²) in [5, 5.41) is 7.62. The molecule has 2 aromatic rings. The number of benzene rings is 1. The lowest BCUT2D eigenvalue weighted by Gasteiger charge is -2.44. The van der Waals surface area contributed by atoms with Crippen LogP contribution in [0.2, 0.25) is 0 Å². The van der Waals surface area contributed by atoms with E-state index < -0.39 is 0 Å². The lowest BCUT2D eigenvalue weighted by atomic mass is 9.68. The third-order valence-corrected chi connectivity index (χ3v) is 5.89. The molecule has 1 aromatic carbocycles. The molecule has 0 radical (unpaired) electrons. The summed E-state index contributed by atoms with van der Waals surface area (Å²) < 4.78 is 0. The van der Waals surface area contributed by atoms with Crippen molar-refractivity contribution in [2.24, 2.45) is 5.92 Å². The van der Waals surface area contributed by atoms with Crippen molar-refractivity contribution in [3.63, 3.8) is 0 Å². The van der Waals surface area contributed by atoms with E-state index in [1.807, 2.05) is 11.0 Å². The van der Waals surface area contributed by atoms with Crippen molar-refractivity contribution in [1.82, 2.24) is 20.0 Å². The van der Waals surface area contributed by atoms with Crippen LogP contribution in [0, 0.1) is 5.92 Å². The van der Waals surface area contributed by atoms with E-state index in [2.05, 4.69) is 52.0 Å². The quantitative estimate of drug-likeness (QED) is 0.796. The predicted octanol–water partition coefficient (Wildman–Crippen LogP) is 2.38. The Morgan fingerprint density at radius 2 is 2.08 bits per heavy atom. The first-order chi connectivity index (χ1) is 12.7. The smallest absolute Gasteiger partial charge is 0.255 e. The second-order valence-electron chi connectivity index (χ2n) is 7.33. The maximum atomic E-state index is 12.9. The Bertz CT molecular complexity index is 779. The van der Waals surface area contributed by atoms with Gasteiger partial charge in [0, 0.05) is 44.1 Å². The van der Waals surface area contributed by atoms with Crippen LogP contribution in [0.5, 0.6) is 0 Å². The fraction of sp³-hybridized carbons (Fsp3) is 0.381. The van der Waals surface area contributed by atoms with Crippen LogP contribution in [0.4, 0.5) is 0 Å². The summed E-state index contributed by atoms with van der Waals surface area (Å²) >= 11 is 0. The minimum atomic E-state index is 0.0590. The Morgan fingerprint density at radius 3 is 2.81 bits per heavy atom. The third kappa shape index (κ3) is 2.92. The molecule has 0 spiro atoms. The summed E-state index contributed by atoms with van der Waals surface area (Å²) in [6, 6.07) is 12.5. The summed E-state index contributed by atoms with van der Waals surface area (Å²) in [4.78, 5) is 17.3. The monoisotopic (exact) mass is 348 g/mol. The number of piperidine rings is 1. The van der Waals surface area contributed by atoms with Crippen molar-refractivity contribution in [3.05, 3.63) is 72.6 Å². The fourth-order valence-corrected chi connectivity index (χ4v) is 4.63. The van der Waals surface area contributed by atoms with Crippen LogP contribution in [-0.4, -0.2) is 58.6 Å². The van der Waals surface area contributed by atoms with E-state index in [-0.39, 0.29) is 11.3 Å². The van der Waals surface area contributed by atoms with E-state index in [4.69, 9.17) is 0 Å². The number of rotatable bonds is 4. The first kappa shape index (κ1) is 16.9. The van der Waals surface area contributed by atoms with Gasteiger partial charge in [0.05, 0.1) is 18.0 Å². The average Bonchev–Trinajstić information content (AvgIpc) is 3.07. The van der Waals surface area contributed by atoms with Gasteiger partial charge in [-0.1, -0.05) is 36.4 Å². The zero-order valence-corrected chi connectivity index (χ0v) is 14.9. The maximum Gasteiger partial charge on any atom is 0.255 e. The molecule has 26 heavy (non-hydrogen) atoms. The summed E-state index contributed by atoms with van der Waals surface area (Å²) in [5.74, 6) is 0.487. The number of carbonyl (C=O) groups excluding carboxylic acids is 1. The Kier molecular flexibility index (Phi) is 4.55. The fourth-order valence-electron chi connectivity index (χ4n) is 4.63. The van der Waals surface area contributed by atoms with Crippen LogP contribution in [0.3, 0.4) is 0 Å². The number of nitrogens with zero attached hydrogens (tertiary/aromatic N) is 4. The molecule has 2 aliphatic heterocycles. The highest BCUT2D eigenvalue weighted by Gasteiger charge is 2.50. The highest BCUT2D eigenvalue weighted by molar-refractivity contribution is 5.93. The number of fused-ring (bicyclic) bond motifs is 1. The van der Waals surface area contributed by atoms with Gasteiger partial charge in [-0.3, -0.25) is 9.69 Å². The number of aromatic nitrogens is 2. The molecule has 2 atom stereocenters. The average molecular weight is 348 g/mol. The van der Waals surface area contributed by atoms with Crippen LogP contribution in [-0.2, 0) is 5.41 Å². The molecule has 1 aromatic heterocycles. The van der Waals surface area contributed by atoms with E-state index in [0.717, 1.165) is 39.1 Å². The zero-order valence-electron chi connectivity index (χ0n) is 14.9. The summed E-state index contributed by atoms with van der Waals surface area (Å²) in [6.07, 6.45) is 6.09. The van der Waals surface area contributed by atoms with Crippen LogP contribution in [0.25, 0.3) is 0 Å². The summed E-state index contributed by atoms with van der Waals surface area (Å²) in [6.45, 7) is 8.38. The highest BCUT2D eigenvalue weighted by Crippen LogP contribution is 2.45. The largest absolute Gasteiger partial charge is 0.338 e. The molecule has 0 bridgehead atoms. The molecule has 1 amide bonds. The van der Waals surface area contributed by atoms with E-state index in [1.165, 1.54) is 5.56 Å². The second kappa shape index (κ2) is 7.00. The van der Waals surface area contributed by atoms with Gasteiger partial charge < -0.3 is 4.90 Å². The molecule has 2 unspecified atom stereocenters. The van der Waals surface area contributed by atoms with Crippen molar-refractivity contribution in [2.45, 2.75) is 11.8 Å². The normalized spacial score (nSPS) is 25.7. The van der Waals surface area contributed by atoms with Crippen LogP contribution < -0.4 is 0 Å². The van der Waals surface area contributed by atoms with Gasteiger partial charge in [0.15, 0.2) is 0 Å².